The van der Waals surface area contributed by atoms with Gasteiger partial charge in [0.1, 0.15) is 23.0 Å². The minimum Gasteiger partial charge on any atom is -0.457 e. The SMILES string of the molecule is Cc1ccc(C2(c3ccc(N4C(=O)c5ccc(Oc6ccc(C(C)(C)c7ccc(Oc8ccc9c(c8)C(=O)N(C)C9=O)cc7)cc6)cc5C4=O)cc3)c3ccccc3-c3ccccc32)cc1. The summed E-state index contributed by atoms with van der Waals surface area (Å²) in [6.45, 7) is 6.36. The van der Waals surface area contributed by atoms with Gasteiger partial charge in [-0.15, -0.1) is 0 Å². The van der Waals surface area contributed by atoms with Crippen molar-refractivity contribution in [1.29, 1.82) is 0 Å². The zero-order valence-electron chi connectivity index (χ0n) is 36.7. The lowest BCUT2D eigenvalue weighted by Crippen LogP contribution is -2.30. The van der Waals surface area contributed by atoms with Gasteiger partial charge < -0.3 is 9.47 Å². The van der Waals surface area contributed by atoms with Gasteiger partial charge in [-0.25, -0.2) is 4.90 Å². The maximum absolute atomic E-state index is 14.1. The van der Waals surface area contributed by atoms with E-state index in [4.69, 9.17) is 9.47 Å². The quantitative estimate of drug-likeness (QED) is 0.134. The van der Waals surface area contributed by atoms with Gasteiger partial charge >= 0.3 is 0 Å². The Morgan fingerprint density at radius 1 is 0.424 bits per heavy atom. The Balaban J connectivity index is 0.804. The lowest BCUT2D eigenvalue weighted by molar-refractivity contribution is 0.0692. The number of hydrogen-bond acceptors (Lipinski definition) is 6. The van der Waals surface area contributed by atoms with Gasteiger partial charge in [0.05, 0.1) is 33.4 Å². The Kier molecular flexibility index (Phi) is 9.27. The third kappa shape index (κ3) is 6.20. The first-order valence-corrected chi connectivity index (χ1v) is 21.9. The summed E-state index contributed by atoms with van der Waals surface area (Å²) in [5.41, 5.74) is 11.1. The van der Waals surface area contributed by atoms with Crippen molar-refractivity contribution in [2.45, 2.75) is 31.6 Å². The molecule has 0 unspecified atom stereocenters. The zero-order valence-corrected chi connectivity index (χ0v) is 36.7. The van der Waals surface area contributed by atoms with E-state index < -0.39 is 11.3 Å². The normalized spacial score (nSPS) is 14.5. The number of hydrogen-bond donors (Lipinski definition) is 0. The second-order valence-electron chi connectivity index (χ2n) is 17.7. The molecule has 4 amide bonds. The summed E-state index contributed by atoms with van der Waals surface area (Å²) in [5, 5.41) is 0. The van der Waals surface area contributed by atoms with Gasteiger partial charge in [0.25, 0.3) is 23.6 Å². The van der Waals surface area contributed by atoms with E-state index in [0.29, 0.717) is 45.4 Å². The summed E-state index contributed by atoms with van der Waals surface area (Å²) in [4.78, 5) is 55.1. The molecule has 320 valence electrons. The molecule has 8 aromatic rings. The van der Waals surface area contributed by atoms with E-state index in [2.05, 4.69) is 93.6 Å². The monoisotopic (exact) mass is 862 g/mol. The van der Waals surface area contributed by atoms with Crippen LogP contribution in [0.15, 0.2) is 182 Å². The number of rotatable bonds is 9. The fourth-order valence-electron chi connectivity index (χ4n) is 9.93. The molecule has 0 saturated carbocycles. The molecule has 0 radical (unpaired) electrons. The lowest BCUT2D eigenvalue weighted by Gasteiger charge is -2.34. The number of aryl methyl sites for hydroxylation is 1. The highest BCUT2D eigenvalue weighted by Crippen LogP contribution is 2.56. The first-order valence-electron chi connectivity index (χ1n) is 21.9. The molecule has 0 fully saturated rings. The molecule has 0 bridgehead atoms. The number of ether oxygens (including phenoxy) is 2. The largest absolute Gasteiger partial charge is 0.457 e. The lowest BCUT2D eigenvalue weighted by atomic mass is 9.67. The van der Waals surface area contributed by atoms with Crippen LogP contribution >= 0.6 is 0 Å². The van der Waals surface area contributed by atoms with Crippen molar-refractivity contribution >= 4 is 29.3 Å². The average molecular weight is 863 g/mol. The van der Waals surface area contributed by atoms with E-state index in [1.165, 1.54) is 39.8 Å². The smallest absolute Gasteiger partial charge is 0.266 e. The van der Waals surface area contributed by atoms with Crippen molar-refractivity contribution in [3.8, 4) is 34.1 Å². The number of nitrogens with zero attached hydrogens (tertiary/aromatic N) is 2. The number of amides is 4. The summed E-state index contributed by atoms with van der Waals surface area (Å²) in [7, 11) is 1.47. The fourth-order valence-corrected chi connectivity index (χ4v) is 9.93. The Morgan fingerprint density at radius 2 is 0.833 bits per heavy atom. The summed E-state index contributed by atoms with van der Waals surface area (Å²) >= 11 is 0. The van der Waals surface area contributed by atoms with Gasteiger partial charge in [0, 0.05) is 12.5 Å². The van der Waals surface area contributed by atoms with Crippen molar-refractivity contribution in [1.82, 2.24) is 4.90 Å². The van der Waals surface area contributed by atoms with Crippen molar-refractivity contribution in [3.05, 3.63) is 243 Å². The maximum atomic E-state index is 14.1. The van der Waals surface area contributed by atoms with Crippen LogP contribution in [0.4, 0.5) is 5.69 Å². The van der Waals surface area contributed by atoms with Gasteiger partial charge in [0.15, 0.2) is 0 Å². The van der Waals surface area contributed by atoms with Crippen molar-refractivity contribution in [3.63, 3.8) is 0 Å². The molecule has 66 heavy (non-hydrogen) atoms. The molecule has 0 N–H and O–H groups in total. The van der Waals surface area contributed by atoms with Crippen LogP contribution in [0.3, 0.4) is 0 Å². The highest BCUT2D eigenvalue weighted by molar-refractivity contribution is 6.34. The third-order valence-corrected chi connectivity index (χ3v) is 13.5. The summed E-state index contributed by atoms with van der Waals surface area (Å²) in [6.07, 6.45) is 0. The highest BCUT2D eigenvalue weighted by atomic mass is 16.5. The Hall–Kier alpha value is -8.36. The molecule has 2 aliphatic heterocycles. The molecule has 8 aromatic carbocycles. The molecule has 8 nitrogen and oxygen atoms in total. The van der Waals surface area contributed by atoms with Crippen molar-refractivity contribution in [2.24, 2.45) is 0 Å². The fraction of sp³-hybridized carbons (Fsp3) is 0.103. The van der Waals surface area contributed by atoms with Crippen LogP contribution in [0.5, 0.6) is 23.0 Å². The van der Waals surface area contributed by atoms with Crippen LogP contribution in [0.1, 0.15) is 94.2 Å². The number of anilines is 1. The van der Waals surface area contributed by atoms with Crippen LogP contribution in [0, 0.1) is 6.92 Å². The first kappa shape index (κ1) is 40.4. The number of imide groups is 2. The van der Waals surface area contributed by atoms with Crippen LogP contribution in [0.2, 0.25) is 0 Å². The summed E-state index contributed by atoms with van der Waals surface area (Å²) in [6, 6.07) is 59.2. The van der Waals surface area contributed by atoms with Crippen LogP contribution in [-0.2, 0) is 10.8 Å². The molecule has 8 heteroatoms. The van der Waals surface area contributed by atoms with E-state index >= 15 is 0 Å². The molecule has 0 spiro atoms. The number of benzene rings is 8. The van der Waals surface area contributed by atoms with Gasteiger partial charge in [0.2, 0.25) is 0 Å². The molecular weight excluding hydrogens is 821 g/mol. The van der Waals surface area contributed by atoms with Crippen molar-refractivity contribution < 1.29 is 28.7 Å². The molecule has 0 atom stereocenters. The molecule has 3 aliphatic rings. The predicted octanol–water partition coefficient (Wildman–Crippen LogP) is 12.3. The number of fused-ring (bicyclic) bond motifs is 5. The first-order chi connectivity index (χ1) is 31.9. The molecule has 0 saturated heterocycles. The van der Waals surface area contributed by atoms with Crippen LogP contribution in [0.25, 0.3) is 11.1 Å². The summed E-state index contributed by atoms with van der Waals surface area (Å²) in [5.74, 6) is 0.655. The minimum atomic E-state index is -0.597. The van der Waals surface area contributed by atoms with E-state index in [9.17, 15) is 19.2 Å². The van der Waals surface area contributed by atoms with Crippen LogP contribution in [-0.4, -0.2) is 35.6 Å². The van der Waals surface area contributed by atoms with Crippen molar-refractivity contribution in [2.75, 3.05) is 11.9 Å². The van der Waals surface area contributed by atoms with Gasteiger partial charge in [-0.3, -0.25) is 24.1 Å². The predicted molar refractivity (Wildman–Crippen MR) is 254 cm³/mol. The number of carbonyl (C=O) groups is 4. The molecule has 0 aromatic heterocycles. The summed E-state index contributed by atoms with van der Waals surface area (Å²) < 4.78 is 12.3. The molecular formula is C58H42N2O6. The van der Waals surface area contributed by atoms with Gasteiger partial charge in [-0.2, -0.15) is 0 Å². The Bertz CT molecular complexity index is 3270. The van der Waals surface area contributed by atoms with Gasteiger partial charge in [-0.1, -0.05) is 129 Å². The molecule has 2 heterocycles. The van der Waals surface area contributed by atoms with E-state index in [-0.39, 0.29) is 28.7 Å². The van der Waals surface area contributed by atoms with E-state index in [1.54, 1.807) is 36.4 Å². The van der Waals surface area contributed by atoms with Crippen LogP contribution < -0.4 is 14.4 Å². The zero-order chi connectivity index (χ0) is 45.5. The second-order valence-corrected chi connectivity index (χ2v) is 17.7. The highest BCUT2D eigenvalue weighted by Gasteiger charge is 2.46. The molecule has 1 aliphatic carbocycles. The standard InChI is InChI=1S/C58H42N2O6/c1-35-13-15-38(16-14-35)58(51-11-7-5-9-45(51)46-10-6-8-12-52(46)58)39-17-23-40(24-18-39)60-55(63)48-32-30-44(34-50(48)56(60)64)66-42-27-21-37(22-28-42)57(2,3)36-19-25-41(26-20-36)65-43-29-31-47-49(33-43)54(62)59(4)53(47)61/h5-34H,1-4H3. The maximum Gasteiger partial charge on any atom is 0.266 e. The number of carbonyl (C=O) groups excluding carboxylic acids is 4. The second kappa shape index (κ2) is 15.1. The Labute approximate surface area is 382 Å². The van der Waals surface area contributed by atoms with E-state index in [0.717, 1.165) is 27.2 Å². The Morgan fingerprint density at radius 3 is 1.35 bits per heavy atom. The third-order valence-electron chi connectivity index (χ3n) is 13.5. The van der Waals surface area contributed by atoms with E-state index in [1.807, 2.05) is 72.8 Å². The van der Waals surface area contributed by atoms with Gasteiger partial charge in [-0.05, 0) is 124 Å². The minimum absolute atomic E-state index is 0.286. The average Bonchev–Trinajstić information content (AvgIpc) is 3.86. The molecule has 11 rings (SSSR count). The topological polar surface area (TPSA) is 93.2 Å².